The molecular weight excluding hydrogens is 352 g/mol. The van der Waals surface area contributed by atoms with Gasteiger partial charge < -0.3 is 14.6 Å². The number of nitrogens with one attached hydrogen (secondary N) is 1. The third-order valence-electron chi connectivity index (χ3n) is 5.33. The molecule has 5 heteroatoms. The van der Waals surface area contributed by atoms with Crippen molar-refractivity contribution >= 4 is 28.5 Å². The molecule has 144 valence electrons. The van der Waals surface area contributed by atoms with E-state index in [4.69, 9.17) is 4.74 Å². The van der Waals surface area contributed by atoms with E-state index < -0.39 is 0 Å². The Morgan fingerprint density at radius 3 is 2.82 bits per heavy atom. The van der Waals surface area contributed by atoms with Crippen LogP contribution in [-0.2, 0) is 27.2 Å². The van der Waals surface area contributed by atoms with Gasteiger partial charge in [0.15, 0.2) is 6.61 Å². The zero-order valence-electron chi connectivity index (χ0n) is 16.0. The van der Waals surface area contributed by atoms with Crippen molar-refractivity contribution in [2.75, 3.05) is 11.5 Å². The largest absolute Gasteiger partial charge is 0.456 e. The molecule has 1 amide bonds. The van der Waals surface area contributed by atoms with Crippen LogP contribution in [0.15, 0.2) is 54.7 Å². The number of hydrogen-bond acceptors (Lipinski definition) is 3. The summed E-state index contributed by atoms with van der Waals surface area (Å²) in [7, 11) is 0. The summed E-state index contributed by atoms with van der Waals surface area (Å²) in [5, 5.41) is 1.19. The molecule has 5 nitrogen and oxygen atoms in total. The number of carbonyl (C=O) groups excluding carboxylic acids is 2. The molecule has 0 aliphatic carbocycles. The molecule has 0 unspecified atom stereocenters. The number of ether oxygens (including phenoxy) is 1. The van der Waals surface area contributed by atoms with Gasteiger partial charge in [0, 0.05) is 35.2 Å². The molecule has 3 aromatic rings. The highest BCUT2D eigenvalue weighted by molar-refractivity contribution is 5.97. The summed E-state index contributed by atoms with van der Waals surface area (Å²) >= 11 is 0. The van der Waals surface area contributed by atoms with E-state index in [9.17, 15) is 9.59 Å². The second kappa shape index (κ2) is 7.89. The molecule has 1 aliphatic heterocycles. The molecule has 0 bridgehead atoms. The van der Waals surface area contributed by atoms with Gasteiger partial charge in [-0.15, -0.1) is 0 Å². The average Bonchev–Trinajstić information content (AvgIpc) is 3.26. The Morgan fingerprint density at radius 1 is 1.14 bits per heavy atom. The van der Waals surface area contributed by atoms with Crippen molar-refractivity contribution in [2.45, 2.75) is 38.6 Å². The van der Waals surface area contributed by atoms with E-state index in [1.165, 1.54) is 10.9 Å². The van der Waals surface area contributed by atoms with Gasteiger partial charge in [-0.05, 0) is 49.4 Å². The van der Waals surface area contributed by atoms with Crippen molar-refractivity contribution < 1.29 is 14.3 Å². The Hall–Kier alpha value is -3.08. The molecule has 0 radical (unpaired) electrons. The molecule has 2 heterocycles. The minimum atomic E-state index is -0.326. The van der Waals surface area contributed by atoms with Crippen LogP contribution in [0.5, 0.6) is 0 Å². The van der Waals surface area contributed by atoms with Crippen LogP contribution in [0, 0.1) is 0 Å². The smallest absolute Gasteiger partial charge is 0.306 e. The number of nitrogens with zero attached hydrogens (tertiary/aromatic N) is 1. The minimum absolute atomic E-state index is 0.0884. The number of carbonyl (C=O) groups is 2. The Morgan fingerprint density at radius 2 is 1.93 bits per heavy atom. The van der Waals surface area contributed by atoms with E-state index in [0.29, 0.717) is 12.8 Å². The molecule has 0 fully saturated rings. The SMILES string of the molecule is C[C@H]1Cc2ccccc2N1C(=O)COC(=O)CCCc1c[nH]c2ccccc12. The Kier molecular flexibility index (Phi) is 5.15. The van der Waals surface area contributed by atoms with E-state index in [1.807, 2.05) is 55.6 Å². The highest BCUT2D eigenvalue weighted by Gasteiger charge is 2.30. The first-order chi connectivity index (χ1) is 13.6. The second-order valence-corrected chi connectivity index (χ2v) is 7.32. The number of anilines is 1. The first-order valence-corrected chi connectivity index (χ1v) is 9.74. The van der Waals surface area contributed by atoms with Crippen LogP contribution >= 0.6 is 0 Å². The number of aromatic nitrogens is 1. The first kappa shape index (κ1) is 18.3. The highest BCUT2D eigenvalue weighted by atomic mass is 16.5. The maximum atomic E-state index is 12.6. The predicted octanol–water partition coefficient (Wildman–Crippen LogP) is 4.01. The summed E-state index contributed by atoms with van der Waals surface area (Å²) in [6, 6.07) is 16.1. The highest BCUT2D eigenvalue weighted by Crippen LogP contribution is 2.31. The number of hydrogen-bond donors (Lipinski definition) is 1. The number of rotatable bonds is 6. The van der Waals surface area contributed by atoms with Gasteiger partial charge in [-0.1, -0.05) is 36.4 Å². The molecule has 1 N–H and O–H groups in total. The summed E-state index contributed by atoms with van der Waals surface area (Å²) in [4.78, 5) is 29.6. The number of esters is 1. The number of para-hydroxylation sites is 2. The number of H-pyrrole nitrogens is 1. The van der Waals surface area contributed by atoms with Gasteiger partial charge in [-0.2, -0.15) is 0 Å². The molecule has 1 aromatic heterocycles. The monoisotopic (exact) mass is 376 g/mol. The zero-order chi connectivity index (χ0) is 19.5. The van der Waals surface area contributed by atoms with Crippen LogP contribution in [0.1, 0.15) is 30.9 Å². The van der Waals surface area contributed by atoms with Crippen LogP contribution in [0.3, 0.4) is 0 Å². The maximum Gasteiger partial charge on any atom is 0.306 e. The molecule has 1 atom stereocenters. The van der Waals surface area contributed by atoms with Crippen LogP contribution in [-0.4, -0.2) is 29.5 Å². The van der Waals surface area contributed by atoms with Crippen molar-refractivity contribution in [3.8, 4) is 0 Å². The standard InChI is InChI=1S/C23H24N2O3/c1-16-13-17-7-2-5-11-21(17)25(16)22(26)15-28-23(27)12-6-8-18-14-24-20-10-4-3-9-19(18)20/h2-5,7,9-11,14,16,24H,6,8,12-13,15H2,1H3/t16-/m0/s1. The summed E-state index contributed by atoms with van der Waals surface area (Å²) < 4.78 is 5.25. The van der Waals surface area contributed by atoms with E-state index >= 15 is 0 Å². The fourth-order valence-electron chi connectivity index (χ4n) is 3.99. The fraction of sp³-hybridized carbons (Fsp3) is 0.304. The third-order valence-corrected chi connectivity index (χ3v) is 5.33. The van der Waals surface area contributed by atoms with Crippen molar-refractivity contribution in [3.05, 3.63) is 65.9 Å². The van der Waals surface area contributed by atoms with E-state index in [0.717, 1.165) is 29.6 Å². The Balaban J connectivity index is 1.26. The van der Waals surface area contributed by atoms with Crippen molar-refractivity contribution in [1.82, 2.24) is 4.98 Å². The number of amides is 1. The van der Waals surface area contributed by atoms with Gasteiger partial charge in [0.05, 0.1) is 0 Å². The lowest BCUT2D eigenvalue weighted by Gasteiger charge is -2.22. The summed E-state index contributed by atoms with van der Waals surface area (Å²) in [6.07, 6.45) is 4.62. The molecular formula is C23H24N2O3. The zero-order valence-corrected chi connectivity index (χ0v) is 16.0. The number of aromatic amines is 1. The van der Waals surface area contributed by atoms with Gasteiger partial charge in [0.2, 0.25) is 0 Å². The lowest BCUT2D eigenvalue weighted by molar-refractivity contribution is -0.148. The quantitative estimate of drug-likeness (QED) is 0.661. The maximum absolute atomic E-state index is 12.6. The predicted molar refractivity (Wildman–Crippen MR) is 109 cm³/mol. The topological polar surface area (TPSA) is 62.4 Å². The summed E-state index contributed by atoms with van der Waals surface area (Å²) in [5.74, 6) is -0.490. The molecule has 0 spiro atoms. The molecule has 0 saturated carbocycles. The van der Waals surface area contributed by atoms with Crippen LogP contribution in [0.2, 0.25) is 0 Å². The summed E-state index contributed by atoms with van der Waals surface area (Å²) in [5.41, 5.74) is 4.39. The molecule has 28 heavy (non-hydrogen) atoms. The lowest BCUT2D eigenvalue weighted by Crippen LogP contribution is -2.38. The van der Waals surface area contributed by atoms with E-state index in [-0.39, 0.29) is 24.5 Å². The summed E-state index contributed by atoms with van der Waals surface area (Å²) in [6.45, 7) is 1.81. The van der Waals surface area contributed by atoms with Crippen LogP contribution < -0.4 is 4.90 Å². The fourth-order valence-corrected chi connectivity index (χ4v) is 3.99. The van der Waals surface area contributed by atoms with Gasteiger partial charge in [-0.25, -0.2) is 0 Å². The van der Waals surface area contributed by atoms with Crippen molar-refractivity contribution in [2.24, 2.45) is 0 Å². The minimum Gasteiger partial charge on any atom is -0.456 e. The van der Waals surface area contributed by atoms with Gasteiger partial charge in [-0.3, -0.25) is 9.59 Å². The molecule has 2 aromatic carbocycles. The average molecular weight is 376 g/mol. The van der Waals surface area contributed by atoms with E-state index in [1.54, 1.807) is 4.90 Å². The Bertz CT molecular complexity index is 1010. The molecule has 0 saturated heterocycles. The molecule has 1 aliphatic rings. The Labute approximate surface area is 164 Å². The lowest BCUT2D eigenvalue weighted by atomic mass is 10.1. The van der Waals surface area contributed by atoms with Gasteiger partial charge >= 0.3 is 5.97 Å². The van der Waals surface area contributed by atoms with Crippen molar-refractivity contribution in [1.29, 1.82) is 0 Å². The van der Waals surface area contributed by atoms with Crippen LogP contribution in [0.25, 0.3) is 10.9 Å². The first-order valence-electron chi connectivity index (χ1n) is 9.74. The van der Waals surface area contributed by atoms with Gasteiger partial charge in [0.1, 0.15) is 0 Å². The van der Waals surface area contributed by atoms with Crippen molar-refractivity contribution in [3.63, 3.8) is 0 Å². The number of fused-ring (bicyclic) bond motifs is 2. The third kappa shape index (κ3) is 3.65. The number of aryl methyl sites for hydroxylation is 1. The molecule has 4 rings (SSSR count). The normalized spacial score (nSPS) is 15.6. The van der Waals surface area contributed by atoms with E-state index in [2.05, 4.69) is 11.1 Å². The number of benzene rings is 2. The second-order valence-electron chi connectivity index (χ2n) is 7.32. The van der Waals surface area contributed by atoms with Gasteiger partial charge in [0.25, 0.3) is 5.91 Å². The van der Waals surface area contributed by atoms with Crippen LogP contribution in [0.4, 0.5) is 5.69 Å².